The van der Waals surface area contributed by atoms with Crippen LogP contribution in [0.25, 0.3) is 10.9 Å². The zero-order valence-corrected chi connectivity index (χ0v) is 13.9. The van der Waals surface area contributed by atoms with Gasteiger partial charge >= 0.3 is 0 Å². The van der Waals surface area contributed by atoms with Crippen LogP contribution in [-0.2, 0) is 4.79 Å². The van der Waals surface area contributed by atoms with Gasteiger partial charge in [-0.05, 0) is 31.0 Å². The monoisotopic (exact) mass is 323 g/mol. The topological polar surface area (TPSA) is 54.9 Å². The molecular weight excluding hydrogens is 306 g/mol. The van der Waals surface area contributed by atoms with Crippen molar-refractivity contribution in [3.05, 3.63) is 59.9 Å². The van der Waals surface area contributed by atoms with E-state index in [9.17, 15) is 4.79 Å². The molecule has 5 heteroatoms. The molecular formula is C18H17N3OS. The van der Waals surface area contributed by atoms with Crippen molar-refractivity contribution in [2.45, 2.75) is 18.9 Å². The van der Waals surface area contributed by atoms with Gasteiger partial charge in [-0.2, -0.15) is 0 Å². The minimum absolute atomic E-state index is 0.0323. The number of rotatable bonds is 4. The van der Waals surface area contributed by atoms with Crippen LogP contribution in [0.5, 0.6) is 0 Å². The van der Waals surface area contributed by atoms with E-state index in [4.69, 9.17) is 0 Å². The average Bonchev–Trinajstić information content (AvgIpc) is 2.56. The second-order valence-corrected chi connectivity index (χ2v) is 6.26. The van der Waals surface area contributed by atoms with Crippen LogP contribution in [0.3, 0.4) is 0 Å². The SMILES string of the molecule is Cc1cccc(C)c1NC(=O)CSc1ncnc2ccccc12. The van der Waals surface area contributed by atoms with Gasteiger partial charge in [-0.3, -0.25) is 4.79 Å². The summed E-state index contributed by atoms with van der Waals surface area (Å²) in [6.07, 6.45) is 1.54. The van der Waals surface area contributed by atoms with Gasteiger partial charge in [0.25, 0.3) is 0 Å². The van der Waals surface area contributed by atoms with Crippen molar-refractivity contribution in [1.82, 2.24) is 9.97 Å². The van der Waals surface area contributed by atoms with Gasteiger partial charge in [0.1, 0.15) is 11.4 Å². The van der Waals surface area contributed by atoms with Gasteiger partial charge in [0.15, 0.2) is 0 Å². The Balaban J connectivity index is 1.71. The van der Waals surface area contributed by atoms with Gasteiger partial charge in [0.2, 0.25) is 5.91 Å². The predicted octanol–water partition coefficient (Wildman–Crippen LogP) is 3.98. The summed E-state index contributed by atoms with van der Waals surface area (Å²) in [6.45, 7) is 3.99. The summed E-state index contributed by atoms with van der Waals surface area (Å²) >= 11 is 1.43. The summed E-state index contributed by atoms with van der Waals surface area (Å²) in [5.41, 5.74) is 3.91. The molecule has 0 radical (unpaired) electrons. The fourth-order valence-electron chi connectivity index (χ4n) is 2.42. The highest BCUT2D eigenvalue weighted by Gasteiger charge is 2.10. The first kappa shape index (κ1) is 15.5. The molecule has 0 saturated carbocycles. The van der Waals surface area contributed by atoms with Gasteiger partial charge in [0.05, 0.1) is 11.3 Å². The first-order valence-corrected chi connectivity index (χ1v) is 8.32. The molecule has 0 aliphatic rings. The lowest BCUT2D eigenvalue weighted by molar-refractivity contribution is -0.113. The van der Waals surface area contributed by atoms with Gasteiger partial charge in [-0.1, -0.05) is 48.2 Å². The fourth-order valence-corrected chi connectivity index (χ4v) is 3.21. The Morgan fingerprint density at radius 2 is 1.78 bits per heavy atom. The fraction of sp³-hybridized carbons (Fsp3) is 0.167. The molecule has 23 heavy (non-hydrogen) atoms. The van der Waals surface area contributed by atoms with Crippen LogP contribution in [0.4, 0.5) is 5.69 Å². The van der Waals surface area contributed by atoms with Crippen molar-refractivity contribution in [2.75, 3.05) is 11.1 Å². The zero-order chi connectivity index (χ0) is 16.2. The third-order valence-corrected chi connectivity index (χ3v) is 4.60. The number of carbonyl (C=O) groups excluding carboxylic acids is 1. The minimum Gasteiger partial charge on any atom is -0.325 e. The third-order valence-electron chi connectivity index (χ3n) is 3.59. The Labute approximate surface area is 139 Å². The number of aryl methyl sites for hydroxylation is 2. The van der Waals surface area contributed by atoms with Crippen LogP contribution >= 0.6 is 11.8 Å². The lowest BCUT2D eigenvalue weighted by Gasteiger charge is -2.11. The summed E-state index contributed by atoms with van der Waals surface area (Å²) < 4.78 is 0. The minimum atomic E-state index is -0.0323. The van der Waals surface area contributed by atoms with Crippen LogP contribution < -0.4 is 5.32 Å². The molecule has 4 nitrogen and oxygen atoms in total. The molecule has 3 aromatic rings. The standard InChI is InChI=1S/C18H17N3OS/c1-12-6-5-7-13(2)17(12)21-16(22)10-23-18-14-8-3-4-9-15(14)19-11-20-18/h3-9,11H,10H2,1-2H3,(H,21,22). The highest BCUT2D eigenvalue weighted by molar-refractivity contribution is 8.00. The van der Waals surface area contributed by atoms with Crippen LogP contribution in [-0.4, -0.2) is 21.6 Å². The van der Waals surface area contributed by atoms with E-state index in [2.05, 4.69) is 15.3 Å². The first-order chi connectivity index (χ1) is 11.1. The second-order valence-electron chi connectivity index (χ2n) is 5.30. The normalized spacial score (nSPS) is 10.7. The predicted molar refractivity (Wildman–Crippen MR) is 94.8 cm³/mol. The molecule has 1 aromatic heterocycles. The smallest absolute Gasteiger partial charge is 0.234 e. The molecule has 0 bridgehead atoms. The van der Waals surface area contributed by atoms with Crippen molar-refractivity contribution in [3.63, 3.8) is 0 Å². The maximum Gasteiger partial charge on any atom is 0.234 e. The molecule has 1 N–H and O–H groups in total. The number of anilines is 1. The van der Waals surface area contributed by atoms with Crippen LogP contribution in [0.1, 0.15) is 11.1 Å². The maximum atomic E-state index is 12.3. The van der Waals surface area contributed by atoms with Crippen molar-refractivity contribution in [1.29, 1.82) is 0 Å². The number of carbonyl (C=O) groups is 1. The molecule has 0 spiro atoms. The molecule has 1 heterocycles. The van der Waals surface area contributed by atoms with E-state index in [0.717, 1.165) is 32.7 Å². The van der Waals surface area contributed by atoms with E-state index >= 15 is 0 Å². The number of amides is 1. The molecule has 116 valence electrons. The van der Waals surface area contributed by atoms with Gasteiger partial charge in [-0.15, -0.1) is 0 Å². The van der Waals surface area contributed by atoms with Crippen molar-refractivity contribution < 1.29 is 4.79 Å². The Morgan fingerprint density at radius 1 is 1.04 bits per heavy atom. The number of nitrogens with zero attached hydrogens (tertiary/aromatic N) is 2. The summed E-state index contributed by atoms with van der Waals surface area (Å²) in [4.78, 5) is 20.8. The number of hydrogen-bond donors (Lipinski definition) is 1. The summed E-state index contributed by atoms with van der Waals surface area (Å²) in [5, 5.41) is 4.79. The average molecular weight is 323 g/mol. The number of thioether (sulfide) groups is 1. The van der Waals surface area contributed by atoms with Crippen molar-refractivity contribution >= 4 is 34.3 Å². The number of hydrogen-bond acceptors (Lipinski definition) is 4. The van der Waals surface area contributed by atoms with Gasteiger partial charge in [-0.25, -0.2) is 9.97 Å². The highest BCUT2D eigenvalue weighted by Crippen LogP contribution is 2.25. The van der Waals surface area contributed by atoms with Gasteiger partial charge in [0, 0.05) is 11.1 Å². The lowest BCUT2D eigenvalue weighted by atomic mass is 10.1. The summed E-state index contributed by atoms with van der Waals surface area (Å²) in [6, 6.07) is 13.8. The Morgan fingerprint density at radius 3 is 2.57 bits per heavy atom. The Kier molecular flexibility index (Phi) is 4.57. The quantitative estimate of drug-likeness (QED) is 0.583. The van der Waals surface area contributed by atoms with Crippen LogP contribution in [0.2, 0.25) is 0 Å². The number of para-hydroxylation sites is 2. The molecule has 0 aliphatic carbocycles. The summed E-state index contributed by atoms with van der Waals surface area (Å²) in [5.74, 6) is 0.282. The number of benzene rings is 2. The molecule has 0 fully saturated rings. The molecule has 2 aromatic carbocycles. The molecule has 1 amide bonds. The van der Waals surface area contributed by atoms with E-state index in [0.29, 0.717) is 5.75 Å². The van der Waals surface area contributed by atoms with Crippen molar-refractivity contribution in [2.24, 2.45) is 0 Å². The molecule has 0 atom stereocenters. The van der Waals surface area contributed by atoms with E-state index in [-0.39, 0.29) is 5.91 Å². The van der Waals surface area contributed by atoms with E-state index in [1.165, 1.54) is 18.1 Å². The third kappa shape index (κ3) is 3.51. The highest BCUT2D eigenvalue weighted by atomic mass is 32.2. The van der Waals surface area contributed by atoms with E-state index in [1.54, 1.807) is 0 Å². The van der Waals surface area contributed by atoms with Crippen molar-refractivity contribution in [3.8, 4) is 0 Å². The zero-order valence-electron chi connectivity index (χ0n) is 13.0. The maximum absolute atomic E-state index is 12.3. The number of fused-ring (bicyclic) bond motifs is 1. The molecule has 0 saturated heterocycles. The van der Waals surface area contributed by atoms with Gasteiger partial charge < -0.3 is 5.32 Å². The second kappa shape index (κ2) is 6.79. The number of nitrogens with one attached hydrogen (secondary N) is 1. The molecule has 3 rings (SSSR count). The molecule has 0 aliphatic heterocycles. The van der Waals surface area contributed by atoms with Crippen LogP contribution in [0, 0.1) is 13.8 Å². The van der Waals surface area contributed by atoms with Crippen LogP contribution in [0.15, 0.2) is 53.8 Å². The summed E-state index contributed by atoms with van der Waals surface area (Å²) in [7, 11) is 0. The Bertz CT molecular complexity index is 838. The van der Waals surface area contributed by atoms with E-state index in [1.807, 2.05) is 56.3 Å². The van der Waals surface area contributed by atoms with E-state index < -0.39 is 0 Å². The Hall–Kier alpha value is -2.40. The largest absolute Gasteiger partial charge is 0.325 e. The number of aromatic nitrogens is 2. The lowest BCUT2D eigenvalue weighted by Crippen LogP contribution is -2.15. The molecule has 0 unspecified atom stereocenters. The first-order valence-electron chi connectivity index (χ1n) is 7.34.